The molecule has 0 spiro atoms. The maximum Gasteiger partial charge on any atom is 0.411 e. The van der Waals surface area contributed by atoms with Crippen molar-refractivity contribution in [1.82, 2.24) is 0 Å². The highest BCUT2D eigenvalue weighted by Crippen LogP contribution is 2.72. The van der Waals surface area contributed by atoms with E-state index in [4.69, 9.17) is 118 Å². The van der Waals surface area contributed by atoms with Crippen molar-refractivity contribution in [2.75, 3.05) is 0 Å². The molecule has 3 saturated heterocycles. The first-order valence-corrected chi connectivity index (χ1v) is 11.9. The Hall–Kier alpha value is 2.20. The van der Waals surface area contributed by atoms with E-state index in [9.17, 15) is 0 Å². The Labute approximate surface area is 196 Å². The van der Waals surface area contributed by atoms with Gasteiger partial charge in [0, 0.05) is 0 Å². The highest BCUT2D eigenvalue weighted by Gasteiger charge is 2.66. The van der Waals surface area contributed by atoms with Crippen LogP contribution in [-0.4, -0.2) is 35.7 Å². The number of rotatable bonds is 1. The van der Waals surface area contributed by atoms with Crippen LogP contribution in [0.2, 0.25) is 0 Å². The second-order valence-electron chi connectivity index (χ2n) is 5.59. The van der Waals surface area contributed by atoms with Gasteiger partial charge in [0.1, 0.15) is 0 Å². The van der Waals surface area contributed by atoms with Gasteiger partial charge in [-0.05, 0) is 7.92 Å². The lowest BCUT2D eigenvalue weighted by Crippen LogP contribution is -2.72. The Bertz CT molecular complexity index is 603. The molecule has 0 aromatic heterocycles. The molecule has 0 aliphatic carbocycles. The summed E-state index contributed by atoms with van der Waals surface area (Å²) in [7, 11) is -1.82. The minimum absolute atomic E-state index is 0.486. The van der Waals surface area contributed by atoms with E-state index in [1.807, 2.05) is 0 Å². The van der Waals surface area contributed by atoms with Gasteiger partial charge in [0.15, 0.2) is 0 Å². The predicted octanol–water partition coefficient (Wildman–Crippen LogP) is 6.48. The number of benzene rings is 1. The molecule has 3 fully saturated rings. The molecule has 4 rings (SSSR count). The van der Waals surface area contributed by atoms with Crippen LogP contribution in [0.25, 0.3) is 0 Å². The SMILES string of the molecule is ClC(Cl)(Cl)[C@@H]1O[B-]2(c3ccccc3)O[C@@H](C(Cl)(Cl)Cl)P1[C@H](C(Cl)(Cl)Cl)O2. The molecule has 2 bridgehead atoms. The van der Waals surface area contributed by atoms with Crippen molar-refractivity contribution in [3.05, 3.63) is 30.3 Å². The van der Waals surface area contributed by atoms with Gasteiger partial charge in [0.25, 0.3) is 0 Å². The van der Waals surface area contributed by atoms with Crippen LogP contribution in [0.4, 0.5) is 0 Å². The third kappa shape index (κ3) is 4.44. The largest absolute Gasteiger partial charge is 0.532 e. The summed E-state index contributed by atoms with van der Waals surface area (Å²) in [4.78, 5) is 0. The van der Waals surface area contributed by atoms with Crippen molar-refractivity contribution in [1.29, 1.82) is 0 Å². The van der Waals surface area contributed by atoms with Gasteiger partial charge in [-0.1, -0.05) is 135 Å². The van der Waals surface area contributed by atoms with E-state index >= 15 is 0 Å². The Balaban J connectivity index is 2.19. The average Bonchev–Trinajstić information content (AvgIpc) is 2.53. The lowest BCUT2D eigenvalue weighted by atomic mass is 9.68. The lowest BCUT2D eigenvalue weighted by Gasteiger charge is -2.66. The first-order chi connectivity index (χ1) is 11.8. The predicted molar refractivity (Wildman–Crippen MR) is 114 cm³/mol. The van der Waals surface area contributed by atoms with Crippen LogP contribution in [0.5, 0.6) is 0 Å². The van der Waals surface area contributed by atoms with Crippen LogP contribution in [0, 0.1) is 0 Å². The quantitative estimate of drug-likeness (QED) is 0.223. The molecule has 3 aliphatic heterocycles. The van der Waals surface area contributed by atoms with Crippen molar-refractivity contribution in [2.45, 2.75) is 28.9 Å². The third-order valence-corrected chi connectivity index (χ3v) is 10.1. The van der Waals surface area contributed by atoms with Crippen molar-refractivity contribution in [2.24, 2.45) is 0 Å². The molecule has 14 heteroatoms. The summed E-state index contributed by atoms with van der Waals surface area (Å²) in [5.74, 6) is -3.19. The lowest BCUT2D eigenvalue weighted by molar-refractivity contribution is -0.00143. The van der Waals surface area contributed by atoms with E-state index in [1.54, 1.807) is 30.3 Å². The molecule has 146 valence electrons. The van der Waals surface area contributed by atoms with E-state index in [0.29, 0.717) is 5.46 Å². The highest BCUT2D eigenvalue weighted by atomic mass is 35.6. The van der Waals surface area contributed by atoms with Crippen molar-refractivity contribution >= 4 is 125 Å². The van der Waals surface area contributed by atoms with E-state index in [1.165, 1.54) is 0 Å². The Kier molecular flexibility index (Phi) is 6.79. The summed E-state index contributed by atoms with van der Waals surface area (Å²) >= 11 is 55.3. The number of alkyl halides is 9. The Morgan fingerprint density at radius 1 is 0.654 bits per heavy atom. The van der Waals surface area contributed by atoms with Crippen LogP contribution in [0.1, 0.15) is 0 Å². The molecule has 0 unspecified atom stereocenters. The van der Waals surface area contributed by atoms with Crippen LogP contribution in [0.15, 0.2) is 30.3 Å². The van der Waals surface area contributed by atoms with Gasteiger partial charge < -0.3 is 14.0 Å². The average molecular weight is 561 g/mol. The molecule has 0 saturated carbocycles. The Morgan fingerprint density at radius 2 is 1.00 bits per heavy atom. The van der Waals surface area contributed by atoms with Gasteiger partial charge in [-0.25, -0.2) is 0 Å². The van der Waals surface area contributed by atoms with Gasteiger partial charge in [-0.15, -0.1) is 5.46 Å². The van der Waals surface area contributed by atoms with Gasteiger partial charge >= 0.3 is 6.75 Å². The monoisotopic (exact) mass is 557 g/mol. The number of halogens is 9. The highest BCUT2D eigenvalue weighted by molar-refractivity contribution is 7.61. The molecular formula is C12H8BCl9O3P-. The number of hydrogen-bond acceptors (Lipinski definition) is 3. The second-order valence-corrected chi connectivity index (χ2v) is 15.0. The van der Waals surface area contributed by atoms with Crippen LogP contribution < -0.4 is 5.46 Å². The fraction of sp³-hybridized carbons (Fsp3) is 0.500. The molecule has 3 aliphatic rings. The van der Waals surface area contributed by atoms with Crippen molar-refractivity contribution in [3.8, 4) is 0 Å². The maximum absolute atomic E-state index is 6.15. The smallest absolute Gasteiger partial charge is 0.411 e. The zero-order valence-electron chi connectivity index (χ0n) is 12.3. The minimum Gasteiger partial charge on any atom is -0.532 e. The van der Waals surface area contributed by atoms with Gasteiger partial charge in [-0.2, -0.15) is 0 Å². The summed E-state index contributed by atoms with van der Waals surface area (Å²) in [6.07, 6.45) is 0. The first kappa shape index (κ1) is 22.9. The maximum atomic E-state index is 6.15. The van der Waals surface area contributed by atoms with Gasteiger partial charge in [0.05, 0.1) is 17.5 Å². The first-order valence-electron chi connectivity index (χ1n) is 6.96. The fourth-order valence-corrected chi connectivity index (χ4v) is 9.01. The van der Waals surface area contributed by atoms with E-state index < -0.39 is 43.6 Å². The zero-order valence-corrected chi connectivity index (χ0v) is 20.0. The van der Waals surface area contributed by atoms with E-state index in [2.05, 4.69) is 0 Å². The summed E-state index contributed by atoms with van der Waals surface area (Å²) < 4.78 is 12.2. The molecular weight excluding hydrogens is 553 g/mol. The second kappa shape index (κ2) is 7.72. The molecule has 0 amide bonds. The normalized spacial score (nSPS) is 35.6. The molecule has 26 heavy (non-hydrogen) atoms. The third-order valence-electron chi connectivity index (χ3n) is 3.78. The molecule has 1 aromatic rings. The van der Waals surface area contributed by atoms with E-state index in [-0.39, 0.29) is 0 Å². The molecule has 1 aromatic carbocycles. The topological polar surface area (TPSA) is 27.7 Å². The van der Waals surface area contributed by atoms with E-state index in [0.717, 1.165) is 0 Å². The van der Waals surface area contributed by atoms with Crippen LogP contribution in [0.3, 0.4) is 0 Å². The number of fused-ring (bicyclic) bond motifs is 3. The Morgan fingerprint density at radius 3 is 1.31 bits per heavy atom. The molecule has 0 radical (unpaired) electrons. The zero-order chi connectivity index (χ0) is 19.5. The summed E-state index contributed by atoms with van der Waals surface area (Å²) in [5, 5.41) is 0. The van der Waals surface area contributed by atoms with Crippen LogP contribution >= 0.6 is 112 Å². The minimum atomic E-state index is -2.71. The van der Waals surface area contributed by atoms with Crippen molar-refractivity contribution < 1.29 is 14.0 Å². The standard InChI is InChI=1S/C12H8BCl9O3P/c14-10(15,16)7-23-13(6-4-2-1-3-5-6)24-8(11(17,18)19)26(7)9(25-13)12(20,21)22/h1-5,7-9H/q-1/t7-,8-,9-,13?,26?/m1/s1. The summed E-state index contributed by atoms with van der Waals surface area (Å²) in [5.41, 5.74) is 0.486. The molecule has 3 heterocycles. The molecule has 3 atom stereocenters. The van der Waals surface area contributed by atoms with Gasteiger partial charge in [-0.3, -0.25) is 0 Å². The summed E-state index contributed by atoms with van der Waals surface area (Å²) in [6.45, 7) is -2.71. The molecule has 3 nitrogen and oxygen atoms in total. The summed E-state index contributed by atoms with van der Waals surface area (Å²) in [6, 6.07) is 8.67. The fourth-order valence-electron chi connectivity index (χ4n) is 2.85. The van der Waals surface area contributed by atoms with Crippen LogP contribution in [-0.2, 0) is 14.0 Å². The van der Waals surface area contributed by atoms with Crippen molar-refractivity contribution in [3.63, 3.8) is 0 Å². The molecule has 0 N–H and O–H groups in total. The number of hydrogen-bond donors (Lipinski definition) is 0. The van der Waals surface area contributed by atoms with Gasteiger partial charge in [0.2, 0.25) is 11.4 Å².